The van der Waals surface area contributed by atoms with Gasteiger partial charge in [0.15, 0.2) is 0 Å². The van der Waals surface area contributed by atoms with Crippen LogP contribution in [0.1, 0.15) is 46.7 Å². The van der Waals surface area contributed by atoms with Crippen molar-refractivity contribution in [3.05, 3.63) is 21.9 Å². The van der Waals surface area contributed by atoms with E-state index >= 15 is 0 Å². The van der Waals surface area contributed by atoms with Gasteiger partial charge in [0, 0.05) is 30.2 Å². The van der Waals surface area contributed by atoms with Gasteiger partial charge in [0.2, 0.25) is 0 Å². The molecule has 0 saturated carbocycles. The van der Waals surface area contributed by atoms with E-state index in [9.17, 15) is 4.79 Å². The molecular formula is C17H26N2O2S. The van der Waals surface area contributed by atoms with Crippen molar-refractivity contribution in [2.75, 3.05) is 32.8 Å². The van der Waals surface area contributed by atoms with E-state index in [1.807, 2.05) is 19.1 Å². The highest BCUT2D eigenvalue weighted by Crippen LogP contribution is 2.30. The molecule has 2 aliphatic heterocycles. The van der Waals surface area contributed by atoms with Crippen LogP contribution in [-0.2, 0) is 4.74 Å². The summed E-state index contributed by atoms with van der Waals surface area (Å²) in [4.78, 5) is 17.0. The topological polar surface area (TPSA) is 41.6 Å². The Labute approximate surface area is 136 Å². The number of amides is 1. The van der Waals surface area contributed by atoms with E-state index in [1.165, 1.54) is 24.1 Å². The number of nitrogens with one attached hydrogen (secondary N) is 1. The lowest BCUT2D eigenvalue weighted by atomic mass is 9.86. The fourth-order valence-electron chi connectivity index (χ4n) is 3.61. The zero-order valence-corrected chi connectivity index (χ0v) is 14.2. The molecule has 2 fully saturated rings. The van der Waals surface area contributed by atoms with Gasteiger partial charge in [-0.25, -0.2) is 0 Å². The van der Waals surface area contributed by atoms with Gasteiger partial charge in [0.1, 0.15) is 0 Å². The average Bonchev–Trinajstić information content (AvgIpc) is 3.01. The van der Waals surface area contributed by atoms with E-state index in [-0.39, 0.29) is 11.4 Å². The minimum absolute atomic E-state index is 0.0703. The largest absolute Gasteiger partial charge is 0.381 e. The SMILES string of the molecule is Cc1ccc(C(=O)NCC2(N3CCCCC3)CCOCC2)s1. The molecule has 0 spiro atoms. The number of thiophene rings is 1. The molecule has 1 amide bonds. The molecule has 3 rings (SSSR count). The highest BCUT2D eigenvalue weighted by Gasteiger charge is 2.39. The molecule has 22 heavy (non-hydrogen) atoms. The van der Waals surface area contributed by atoms with E-state index in [2.05, 4.69) is 10.2 Å². The Morgan fingerprint density at radius 2 is 2.00 bits per heavy atom. The molecule has 5 heteroatoms. The second-order valence-electron chi connectivity index (χ2n) is 6.48. The zero-order chi connectivity index (χ0) is 15.4. The zero-order valence-electron chi connectivity index (χ0n) is 13.4. The smallest absolute Gasteiger partial charge is 0.261 e. The van der Waals surface area contributed by atoms with Crippen molar-refractivity contribution in [2.24, 2.45) is 0 Å². The minimum Gasteiger partial charge on any atom is -0.381 e. The molecule has 3 heterocycles. The lowest BCUT2D eigenvalue weighted by molar-refractivity contribution is -0.0349. The highest BCUT2D eigenvalue weighted by atomic mass is 32.1. The molecule has 1 aromatic rings. The summed E-state index contributed by atoms with van der Waals surface area (Å²) in [5.41, 5.74) is 0.0979. The fourth-order valence-corrected chi connectivity index (χ4v) is 4.40. The van der Waals surface area contributed by atoms with Crippen LogP contribution in [0.25, 0.3) is 0 Å². The number of carbonyl (C=O) groups is 1. The first kappa shape index (κ1) is 16.0. The predicted molar refractivity (Wildman–Crippen MR) is 89.6 cm³/mol. The molecule has 0 atom stereocenters. The molecule has 122 valence electrons. The van der Waals surface area contributed by atoms with Crippen molar-refractivity contribution in [3.8, 4) is 0 Å². The molecule has 0 bridgehead atoms. The summed E-state index contributed by atoms with van der Waals surface area (Å²) in [6, 6.07) is 3.93. The molecule has 0 aliphatic carbocycles. The number of aryl methyl sites for hydroxylation is 1. The van der Waals surface area contributed by atoms with Crippen LogP contribution in [0.2, 0.25) is 0 Å². The predicted octanol–water partition coefficient (Wildman–Crippen LogP) is 2.82. The number of likely N-dealkylation sites (tertiary alicyclic amines) is 1. The first-order chi connectivity index (χ1) is 10.7. The molecule has 1 N–H and O–H groups in total. The summed E-state index contributed by atoms with van der Waals surface area (Å²) in [7, 11) is 0. The maximum atomic E-state index is 12.4. The summed E-state index contributed by atoms with van der Waals surface area (Å²) >= 11 is 1.57. The molecule has 0 unspecified atom stereocenters. The van der Waals surface area contributed by atoms with Crippen molar-refractivity contribution in [2.45, 2.75) is 44.6 Å². The second kappa shape index (κ2) is 7.11. The van der Waals surface area contributed by atoms with Crippen LogP contribution in [0.15, 0.2) is 12.1 Å². The van der Waals surface area contributed by atoms with Crippen LogP contribution in [0.5, 0.6) is 0 Å². The van der Waals surface area contributed by atoms with Gasteiger partial charge in [-0.3, -0.25) is 9.69 Å². The monoisotopic (exact) mass is 322 g/mol. The maximum absolute atomic E-state index is 12.4. The quantitative estimate of drug-likeness (QED) is 0.927. The third-order valence-electron chi connectivity index (χ3n) is 4.99. The standard InChI is InChI=1S/C17H26N2O2S/c1-14-5-6-15(22-14)16(20)18-13-17(7-11-21-12-8-17)19-9-3-2-4-10-19/h5-6H,2-4,7-13H2,1H3,(H,18,20). The van der Waals surface area contributed by atoms with E-state index in [0.717, 1.165) is 50.6 Å². The minimum atomic E-state index is 0.0703. The molecule has 2 saturated heterocycles. The van der Waals surface area contributed by atoms with Crippen LogP contribution in [-0.4, -0.2) is 49.2 Å². The summed E-state index contributed by atoms with van der Waals surface area (Å²) in [5, 5.41) is 3.19. The normalized spacial score (nSPS) is 22.4. The number of nitrogens with zero attached hydrogens (tertiary/aromatic N) is 1. The van der Waals surface area contributed by atoms with Crippen molar-refractivity contribution in [1.29, 1.82) is 0 Å². The lowest BCUT2D eigenvalue weighted by Crippen LogP contribution is -2.59. The maximum Gasteiger partial charge on any atom is 0.261 e. The molecule has 1 aromatic heterocycles. The Balaban J connectivity index is 1.66. The number of hydrogen-bond acceptors (Lipinski definition) is 4. The van der Waals surface area contributed by atoms with Crippen molar-refractivity contribution in [1.82, 2.24) is 10.2 Å². The summed E-state index contributed by atoms with van der Waals surface area (Å²) in [6.45, 7) is 6.72. The van der Waals surface area contributed by atoms with Crippen LogP contribution in [0, 0.1) is 6.92 Å². The van der Waals surface area contributed by atoms with Gasteiger partial charge in [0.05, 0.1) is 4.88 Å². The summed E-state index contributed by atoms with van der Waals surface area (Å²) in [6.07, 6.45) is 5.94. The van der Waals surface area contributed by atoms with Gasteiger partial charge in [-0.05, 0) is 57.8 Å². The number of rotatable bonds is 4. The highest BCUT2D eigenvalue weighted by molar-refractivity contribution is 7.13. The van der Waals surface area contributed by atoms with E-state index < -0.39 is 0 Å². The Hall–Kier alpha value is -0.910. The first-order valence-corrected chi connectivity index (χ1v) is 9.19. The molecule has 0 radical (unpaired) electrons. The van der Waals surface area contributed by atoms with Crippen molar-refractivity contribution in [3.63, 3.8) is 0 Å². The number of hydrogen-bond donors (Lipinski definition) is 1. The van der Waals surface area contributed by atoms with Crippen LogP contribution >= 0.6 is 11.3 Å². The first-order valence-electron chi connectivity index (χ1n) is 8.37. The molecular weight excluding hydrogens is 296 g/mol. The lowest BCUT2D eigenvalue weighted by Gasteiger charge is -2.48. The van der Waals surface area contributed by atoms with E-state index in [0.29, 0.717) is 0 Å². The Morgan fingerprint density at radius 3 is 2.64 bits per heavy atom. The third-order valence-corrected chi connectivity index (χ3v) is 5.99. The van der Waals surface area contributed by atoms with Crippen LogP contribution < -0.4 is 5.32 Å². The van der Waals surface area contributed by atoms with Gasteiger partial charge >= 0.3 is 0 Å². The molecule has 2 aliphatic rings. The molecule has 0 aromatic carbocycles. The number of ether oxygens (including phenoxy) is 1. The van der Waals surface area contributed by atoms with Crippen LogP contribution in [0.4, 0.5) is 0 Å². The third kappa shape index (κ3) is 3.53. The number of carbonyl (C=O) groups excluding carboxylic acids is 1. The Bertz CT molecular complexity index is 503. The van der Waals surface area contributed by atoms with E-state index in [1.54, 1.807) is 11.3 Å². The average molecular weight is 322 g/mol. The summed E-state index contributed by atoms with van der Waals surface area (Å²) < 4.78 is 5.57. The van der Waals surface area contributed by atoms with Crippen molar-refractivity contribution >= 4 is 17.2 Å². The van der Waals surface area contributed by atoms with Gasteiger partial charge in [0.25, 0.3) is 5.91 Å². The summed E-state index contributed by atoms with van der Waals surface area (Å²) in [5.74, 6) is 0.0703. The molecule has 4 nitrogen and oxygen atoms in total. The second-order valence-corrected chi connectivity index (χ2v) is 7.77. The van der Waals surface area contributed by atoms with Gasteiger partial charge in [-0.2, -0.15) is 0 Å². The van der Waals surface area contributed by atoms with Gasteiger partial charge in [-0.15, -0.1) is 11.3 Å². The van der Waals surface area contributed by atoms with Gasteiger partial charge < -0.3 is 10.1 Å². The van der Waals surface area contributed by atoms with Crippen molar-refractivity contribution < 1.29 is 9.53 Å². The Morgan fingerprint density at radius 1 is 1.27 bits per heavy atom. The van der Waals surface area contributed by atoms with Gasteiger partial charge in [-0.1, -0.05) is 6.42 Å². The fraction of sp³-hybridized carbons (Fsp3) is 0.706. The van der Waals surface area contributed by atoms with Crippen LogP contribution in [0.3, 0.4) is 0 Å². The van der Waals surface area contributed by atoms with E-state index in [4.69, 9.17) is 4.74 Å². The Kier molecular flexibility index (Phi) is 5.16. The number of piperidine rings is 1.